The molecule has 0 aliphatic carbocycles. The van der Waals surface area contributed by atoms with Gasteiger partial charge in [-0.2, -0.15) is 0 Å². The van der Waals surface area contributed by atoms with Gasteiger partial charge in [-0.1, -0.05) is 56.3 Å². The van der Waals surface area contributed by atoms with Crippen molar-refractivity contribution in [3.63, 3.8) is 0 Å². The third-order valence-corrected chi connectivity index (χ3v) is 8.83. The Labute approximate surface area is 225 Å². The van der Waals surface area contributed by atoms with E-state index in [1.807, 2.05) is 55.6 Å². The Morgan fingerprint density at radius 3 is 2.26 bits per heavy atom. The summed E-state index contributed by atoms with van der Waals surface area (Å²) >= 11 is 0. The topological polar surface area (TPSA) is 108 Å². The van der Waals surface area contributed by atoms with Crippen LogP contribution in [0.3, 0.4) is 0 Å². The van der Waals surface area contributed by atoms with Crippen LogP contribution in [-0.2, 0) is 29.9 Å². The van der Waals surface area contributed by atoms with Crippen LogP contribution in [0.5, 0.6) is 0 Å². The number of nitrogens with two attached hydrogens (primary N) is 1. The van der Waals surface area contributed by atoms with Crippen LogP contribution in [0.25, 0.3) is 11.0 Å². The molecule has 200 valence electrons. The Morgan fingerprint density at radius 1 is 0.947 bits per heavy atom. The van der Waals surface area contributed by atoms with Crippen molar-refractivity contribution in [1.82, 2.24) is 14.5 Å². The molecule has 9 heteroatoms. The van der Waals surface area contributed by atoms with Gasteiger partial charge in [-0.3, -0.25) is 9.71 Å². The molecule has 0 unspecified atom stereocenters. The highest BCUT2D eigenvalue weighted by atomic mass is 32.2. The maximum Gasteiger partial charge on any atom is 0.264 e. The predicted octanol–water partition coefficient (Wildman–Crippen LogP) is 4.18. The molecule has 1 heterocycles. The number of hydrogen-bond acceptors (Lipinski definition) is 5. The quantitative estimate of drug-likeness (QED) is 0.210. The summed E-state index contributed by atoms with van der Waals surface area (Å²) in [6.07, 6.45) is 1.52. The molecule has 1 aromatic heterocycles. The van der Waals surface area contributed by atoms with Crippen LogP contribution in [0.15, 0.2) is 77.7 Å². The summed E-state index contributed by atoms with van der Waals surface area (Å²) in [6.45, 7) is 6.86. The molecule has 0 spiro atoms. The van der Waals surface area contributed by atoms with E-state index in [9.17, 15) is 8.42 Å². The second kappa shape index (κ2) is 11.8. The summed E-state index contributed by atoms with van der Waals surface area (Å²) < 4.78 is 31.0. The van der Waals surface area contributed by atoms with E-state index >= 15 is 0 Å². The standard InChI is InChI=1S/C29H36N6O2S/c1-4-34(5-2)19-20-35(38(36,37)25-9-7-6-8-10-25)24-16-17-27-26(21-24)32-28(33(27)3)18-13-22-11-14-23(15-12-22)29(30)31/h6-12,14-17,21H,4-5,13,18-20H2,1-3H3,(H3,30,31). The van der Waals surface area contributed by atoms with E-state index in [0.717, 1.165) is 48.4 Å². The lowest BCUT2D eigenvalue weighted by Gasteiger charge is -2.27. The van der Waals surface area contributed by atoms with Gasteiger partial charge in [-0.25, -0.2) is 13.4 Å². The Hall–Kier alpha value is -3.69. The van der Waals surface area contributed by atoms with Gasteiger partial charge in [0.2, 0.25) is 0 Å². The van der Waals surface area contributed by atoms with Crippen molar-refractivity contribution in [2.75, 3.05) is 30.5 Å². The molecular formula is C29H36N6O2S. The lowest BCUT2D eigenvalue weighted by atomic mass is 10.1. The largest absolute Gasteiger partial charge is 0.384 e. The highest BCUT2D eigenvalue weighted by molar-refractivity contribution is 7.92. The summed E-state index contributed by atoms with van der Waals surface area (Å²) in [6, 6.07) is 22.0. The minimum absolute atomic E-state index is 0.0584. The molecular weight excluding hydrogens is 496 g/mol. The van der Waals surface area contributed by atoms with E-state index in [4.69, 9.17) is 16.1 Å². The van der Waals surface area contributed by atoms with Crippen LogP contribution in [0, 0.1) is 5.41 Å². The average molecular weight is 533 g/mol. The minimum Gasteiger partial charge on any atom is -0.384 e. The fourth-order valence-electron chi connectivity index (χ4n) is 4.60. The number of rotatable bonds is 12. The number of nitrogens with one attached hydrogen (secondary N) is 1. The van der Waals surface area contributed by atoms with Crippen molar-refractivity contribution in [2.45, 2.75) is 31.6 Å². The van der Waals surface area contributed by atoms with Gasteiger partial charge < -0.3 is 15.2 Å². The van der Waals surface area contributed by atoms with Crippen LogP contribution >= 0.6 is 0 Å². The van der Waals surface area contributed by atoms with Crippen molar-refractivity contribution >= 4 is 32.6 Å². The third-order valence-electron chi connectivity index (χ3n) is 6.99. The van der Waals surface area contributed by atoms with Gasteiger partial charge in [0.25, 0.3) is 10.0 Å². The van der Waals surface area contributed by atoms with Gasteiger partial charge in [0, 0.05) is 32.1 Å². The lowest BCUT2D eigenvalue weighted by molar-refractivity contribution is 0.313. The number of aromatic nitrogens is 2. The number of aryl methyl sites for hydroxylation is 3. The highest BCUT2D eigenvalue weighted by Crippen LogP contribution is 2.28. The van der Waals surface area contributed by atoms with Crippen LogP contribution in [-0.4, -0.2) is 54.9 Å². The molecule has 3 N–H and O–H groups in total. The van der Waals surface area contributed by atoms with Crippen molar-refractivity contribution < 1.29 is 8.42 Å². The normalized spacial score (nSPS) is 11.8. The maximum atomic E-state index is 13.7. The van der Waals surface area contributed by atoms with E-state index < -0.39 is 10.0 Å². The Bertz CT molecular complexity index is 1490. The van der Waals surface area contributed by atoms with Gasteiger partial charge in [-0.05, 0) is 55.4 Å². The van der Waals surface area contributed by atoms with Crippen molar-refractivity contribution in [3.8, 4) is 0 Å². The van der Waals surface area contributed by atoms with Crippen LogP contribution < -0.4 is 10.0 Å². The van der Waals surface area contributed by atoms with Gasteiger partial charge >= 0.3 is 0 Å². The van der Waals surface area contributed by atoms with E-state index in [-0.39, 0.29) is 10.7 Å². The first-order chi connectivity index (χ1) is 18.2. The number of amidine groups is 1. The Kier molecular flexibility index (Phi) is 8.48. The number of benzene rings is 3. The van der Waals surface area contributed by atoms with E-state index in [1.165, 1.54) is 4.31 Å². The first-order valence-corrected chi connectivity index (χ1v) is 14.4. The maximum absolute atomic E-state index is 13.7. The number of imidazole rings is 1. The average Bonchev–Trinajstić information content (AvgIpc) is 3.25. The van der Waals surface area contributed by atoms with Crippen LogP contribution in [0.1, 0.15) is 30.8 Å². The zero-order valence-corrected chi connectivity index (χ0v) is 23.1. The zero-order valence-electron chi connectivity index (χ0n) is 22.3. The van der Waals surface area contributed by atoms with E-state index in [1.54, 1.807) is 24.3 Å². The molecule has 38 heavy (non-hydrogen) atoms. The molecule has 0 aliphatic heterocycles. The summed E-state index contributed by atoms with van der Waals surface area (Å²) in [5.74, 6) is 0.983. The molecule has 0 radical (unpaired) electrons. The number of nitrogen functional groups attached to an aromatic ring is 1. The third kappa shape index (κ3) is 5.89. The van der Waals surface area contributed by atoms with Gasteiger partial charge in [0.05, 0.1) is 21.6 Å². The molecule has 0 atom stereocenters. The fourth-order valence-corrected chi connectivity index (χ4v) is 6.07. The zero-order chi connectivity index (χ0) is 27.3. The second-order valence-electron chi connectivity index (χ2n) is 9.29. The molecule has 0 saturated heterocycles. The first kappa shape index (κ1) is 27.3. The van der Waals surface area contributed by atoms with E-state index in [2.05, 4.69) is 23.3 Å². The van der Waals surface area contributed by atoms with E-state index in [0.29, 0.717) is 24.3 Å². The molecule has 0 bridgehead atoms. The number of nitrogens with zero attached hydrogens (tertiary/aromatic N) is 4. The predicted molar refractivity (Wildman–Crippen MR) is 154 cm³/mol. The summed E-state index contributed by atoms with van der Waals surface area (Å²) in [7, 11) is -1.76. The molecule has 8 nitrogen and oxygen atoms in total. The van der Waals surface area contributed by atoms with Gasteiger partial charge in [-0.15, -0.1) is 0 Å². The molecule has 0 fully saturated rings. The van der Waals surface area contributed by atoms with Crippen molar-refractivity contribution in [2.24, 2.45) is 12.8 Å². The molecule has 0 amide bonds. The number of hydrogen-bond donors (Lipinski definition) is 2. The molecule has 0 saturated carbocycles. The molecule has 0 aliphatic rings. The second-order valence-corrected chi connectivity index (χ2v) is 11.2. The van der Waals surface area contributed by atoms with Gasteiger partial charge in [0.15, 0.2) is 0 Å². The summed E-state index contributed by atoms with van der Waals surface area (Å²) in [5.41, 5.74) is 9.74. The number of fused-ring (bicyclic) bond motifs is 1. The van der Waals surface area contributed by atoms with Crippen molar-refractivity contribution in [3.05, 3.63) is 89.7 Å². The molecule has 4 aromatic rings. The number of likely N-dealkylation sites (N-methyl/N-ethyl adjacent to an activating group) is 1. The summed E-state index contributed by atoms with van der Waals surface area (Å²) in [4.78, 5) is 7.37. The van der Waals surface area contributed by atoms with Crippen LogP contribution in [0.4, 0.5) is 5.69 Å². The Morgan fingerprint density at radius 2 is 1.63 bits per heavy atom. The molecule has 4 rings (SSSR count). The number of sulfonamides is 1. The first-order valence-electron chi connectivity index (χ1n) is 12.9. The minimum atomic E-state index is -3.75. The number of anilines is 1. The monoisotopic (exact) mass is 532 g/mol. The lowest BCUT2D eigenvalue weighted by Crippen LogP contribution is -2.38. The SMILES string of the molecule is CCN(CC)CCN(c1ccc2c(c1)nc(CCc1ccc(C(=N)N)cc1)n2C)S(=O)(=O)c1ccccc1. The fraction of sp³-hybridized carbons (Fsp3) is 0.310. The smallest absolute Gasteiger partial charge is 0.264 e. The van der Waals surface area contributed by atoms with Crippen molar-refractivity contribution in [1.29, 1.82) is 5.41 Å². The molecule has 3 aromatic carbocycles. The summed E-state index contributed by atoms with van der Waals surface area (Å²) in [5, 5.41) is 7.55. The van der Waals surface area contributed by atoms with Crippen LogP contribution in [0.2, 0.25) is 0 Å². The van der Waals surface area contributed by atoms with Gasteiger partial charge in [0.1, 0.15) is 11.7 Å². The Balaban J connectivity index is 1.63. The highest BCUT2D eigenvalue weighted by Gasteiger charge is 2.26.